The van der Waals surface area contributed by atoms with Gasteiger partial charge in [-0.15, -0.1) is 0 Å². The molecule has 4 rings (SSSR count). The van der Waals surface area contributed by atoms with Crippen molar-refractivity contribution in [1.29, 1.82) is 0 Å². The SMILES string of the molecule is Cc1ccc2nc(COCC(=O)N3CCN(C4CCCC4)CC3)[nH]c2c1. The van der Waals surface area contributed by atoms with Gasteiger partial charge in [0.25, 0.3) is 0 Å². The molecular weight excluding hydrogens is 328 g/mol. The number of rotatable bonds is 5. The summed E-state index contributed by atoms with van der Waals surface area (Å²) < 4.78 is 5.62. The number of hydrogen-bond acceptors (Lipinski definition) is 4. The quantitative estimate of drug-likeness (QED) is 0.894. The summed E-state index contributed by atoms with van der Waals surface area (Å²) in [7, 11) is 0. The van der Waals surface area contributed by atoms with Gasteiger partial charge in [-0.25, -0.2) is 4.98 Å². The molecule has 1 saturated heterocycles. The van der Waals surface area contributed by atoms with Crippen molar-refractivity contribution in [2.24, 2.45) is 0 Å². The van der Waals surface area contributed by atoms with Crippen LogP contribution in [-0.2, 0) is 16.1 Å². The standard InChI is InChI=1S/C20H28N4O2/c1-15-6-7-17-18(12-15)22-19(21-17)13-26-14-20(25)24-10-8-23(9-11-24)16-4-2-3-5-16/h6-7,12,16H,2-5,8-11,13-14H2,1H3,(H,21,22). The first-order valence-corrected chi connectivity index (χ1v) is 9.74. The Morgan fingerprint density at radius 3 is 2.77 bits per heavy atom. The Kier molecular flexibility index (Phi) is 5.22. The molecule has 0 radical (unpaired) electrons. The van der Waals surface area contributed by atoms with Gasteiger partial charge >= 0.3 is 0 Å². The Labute approximate surface area is 154 Å². The van der Waals surface area contributed by atoms with E-state index in [1.54, 1.807) is 0 Å². The van der Waals surface area contributed by atoms with Crippen LogP contribution in [0.25, 0.3) is 11.0 Å². The number of aromatic amines is 1. The lowest BCUT2D eigenvalue weighted by atomic mass is 10.2. The lowest BCUT2D eigenvalue weighted by molar-refractivity contribution is -0.138. The van der Waals surface area contributed by atoms with Crippen LogP contribution in [-0.4, -0.2) is 64.5 Å². The number of ether oxygens (including phenoxy) is 1. The minimum Gasteiger partial charge on any atom is -0.364 e. The minimum atomic E-state index is 0.0861. The van der Waals surface area contributed by atoms with Crippen molar-refractivity contribution >= 4 is 16.9 Å². The smallest absolute Gasteiger partial charge is 0.248 e. The van der Waals surface area contributed by atoms with Gasteiger partial charge in [0.05, 0.1) is 11.0 Å². The fourth-order valence-corrected chi connectivity index (χ4v) is 4.18. The molecule has 1 N–H and O–H groups in total. The number of carbonyl (C=O) groups is 1. The summed E-state index contributed by atoms with van der Waals surface area (Å²) in [6.07, 6.45) is 5.38. The third-order valence-corrected chi connectivity index (χ3v) is 5.66. The van der Waals surface area contributed by atoms with Gasteiger partial charge in [0.15, 0.2) is 0 Å². The van der Waals surface area contributed by atoms with Crippen LogP contribution in [0.5, 0.6) is 0 Å². The Bertz CT molecular complexity index is 758. The fourth-order valence-electron chi connectivity index (χ4n) is 4.18. The number of amides is 1. The molecule has 1 aromatic heterocycles. The molecule has 0 bridgehead atoms. The van der Waals surface area contributed by atoms with E-state index in [4.69, 9.17) is 4.74 Å². The molecule has 1 aliphatic carbocycles. The zero-order valence-electron chi connectivity index (χ0n) is 15.5. The summed E-state index contributed by atoms with van der Waals surface area (Å²) in [4.78, 5) is 24.7. The van der Waals surface area contributed by atoms with Gasteiger partial charge in [0.1, 0.15) is 19.0 Å². The molecule has 6 nitrogen and oxygen atoms in total. The highest BCUT2D eigenvalue weighted by atomic mass is 16.5. The number of aryl methyl sites for hydroxylation is 1. The zero-order valence-corrected chi connectivity index (χ0v) is 15.5. The number of carbonyl (C=O) groups excluding carboxylic acids is 1. The predicted octanol–water partition coefficient (Wildman–Crippen LogP) is 2.47. The summed E-state index contributed by atoms with van der Waals surface area (Å²) >= 11 is 0. The minimum absolute atomic E-state index is 0.0861. The van der Waals surface area contributed by atoms with E-state index in [9.17, 15) is 4.79 Å². The van der Waals surface area contributed by atoms with Crippen molar-refractivity contribution in [2.75, 3.05) is 32.8 Å². The van der Waals surface area contributed by atoms with E-state index in [0.29, 0.717) is 6.61 Å². The molecule has 1 amide bonds. The van der Waals surface area contributed by atoms with Crippen LogP contribution >= 0.6 is 0 Å². The van der Waals surface area contributed by atoms with Crippen LogP contribution in [0.15, 0.2) is 18.2 Å². The van der Waals surface area contributed by atoms with Gasteiger partial charge in [0.2, 0.25) is 5.91 Å². The summed E-state index contributed by atoms with van der Waals surface area (Å²) in [5.41, 5.74) is 3.14. The fraction of sp³-hybridized carbons (Fsp3) is 0.600. The van der Waals surface area contributed by atoms with Crippen LogP contribution in [0, 0.1) is 6.92 Å². The maximum atomic E-state index is 12.4. The van der Waals surface area contributed by atoms with Crippen molar-refractivity contribution in [3.8, 4) is 0 Å². The van der Waals surface area contributed by atoms with Crippen LogP contribution in [0.2, 0.25) is 0 Å². The number of aromatic nitrogens is 2. The van der Waals surface area contributed by atoms with E-state index in [1.165, 1.54) is 31.2 Å². The second-order valence-electron chi connectivity index (χ2n) is 7.55. The zero-order chi connectivity index (χ0) is 17.9. The number of hydrogen-bond donors (Lipinski definition) is 1. The number of fused-ring (bicyclic) bond motifs is 1. The first-order chi connectivity index (χ1) is 12.7. The Balaban J connectivity index is 1.22. The second-order valence-corrected chi connectivity index (χ2v) is 7.55. The van der Waals surface area contributed by atoms with Crippen molar-refractivity contribution in [3.05, 3.63) is 29.6 Å². The molecule has 1 saturated carbocycles. The highest BCUT2D eigenvalue weighted by Gasteiger charge is 2.27. The third-order valence-electron chi connectivity index (χ3n) is 5.66. The topological polar surface area (TPSA) is 61.5 Å². The van der Waals surface area contributed by atoms with Crippen molar-refractivity contribution in [1.82, 2.24) is 19.8 Å². The van der Waals surface area contributed by atoms with E-state index in [0.717, 1.165) is 49.1 Å². The van der Waals surface area contributed by atoms with Crippen molar-refractivity contribution < 1.29 is 9.53 Å². The van der Waals surface area contributed by atoms with E-state index < -0.39 is 0 Å². The molecule has 0 spiro atoms. The van der Waals surface area contributed by atoms with Gasteiger partial charge in [-0.1, -0.05) is 18.9 Å². The lowest BCUT2D eigenvalue weighted by Gasteiger charge is -2.38. The van der Waals surface area contributed by atoms with Gasteiger partial charge < -0.3 is 14.6 Å². The highest BCUT2D eigenvalue weighted by molar-refractivity contribution is 5.77. The van der Waals surface area contributed by atoms with Gasteiger partial charge in [-0.2, -0.15) is 0 Å². The summed E-state index contributed by atoms with van der Waals surface area (Å²) in [5, 5.41) is 0. The van der Waals surface area contributed by atoms with E-state index in [2.05, 4.69) is 27.9 Å². The Morgan fingerprint density at radius 1 is 1.23 bits per heavy atom. The second kappa shape index (κ2) is 7.76. The molecule has 2 aromatic rings. The molecule has 26 heavy (non-hydrogen) atoms. The van der Waals surface area contributed by atoms with E-state index in [-0.39, 0.29) is 12.5 Å². The molecule has 0 unspecified atom stereocenters. The number of imidazole rings is 1. The molecule has 2 aliphatic rings. The number of benzene rings is 1. The number of H-pyrrole nitrogens is 1. The molecule has 2 heterocycles. The Morgan fingerprint density at radius 2 is 2.00 bits per heavy atom. The Hall–Kier alpha value is -1.92. The molecule has 140 valence electrons. The maximum Gasteiger partial charge on any atom is 0.248 e. The van der Waals surface area contributed by atoms with Crippen molar-refractivity contribution in [3.63, 3.8) is 0 Å². The summed E-state index contributed by atoms with van der Waals surface area (Å²) in [6.45, 7) is 6.16. The number of nitrogens with one attached hydrogen (secondary N) is 1. The highest BCUT2D eigenvalue weighted by Crippen LogP contribution is 2.24. The molecule has 1 aromatic carbocycles. The van der Waals surface area contributed by atoms with Crippen LogP contribution in [0.3, 0.4) is 0 Å². The van der Waals surface area contributed by atoms with Gasteiger partial charge in [-0.3, -0.25) is 9.69 Å². The van der Waals surface area contributed by atoms with Crippen LogP contribution in [0.1, 0.15) is 37.1 Å². The summed E-state index contributed by atoms with van der Waals surface area (Å²) in [6, 6.07) is 6.86. The van der Waals surface area contributed by atoms with Crippen LogP contribution < -0.4 is 0 Å². The first-order valence-electron chi connectivity index (χ1n) is 9.74. The average Bonchev–Trinajstić information content (AvgIpc) is 3.31. The molecular formula is C20H28N4O2. The van der Waals surface area contributed by atoms with E-state index >= 15 is 0 Å². The first kappa shape index (κ1) is 17.5. The molecule has 0 atom stereocenters. The average molecular weight is 356 g/mol. The normalized spacial score (nSPS) is 19.5. The summed E-state index contributed by atoms with van der Waals surface area (Å²) in [5.74, 6) is 0.854. The van der Waals surface area contributed by atoms with Gasteiger partial charge in [-0.05, 0) is 37.5 Å². The molecule has 1 aliphatic heterocycles. The monoisotopic (exact) mass is 356 g/mol. The third kappa shape index (κ3) is 3.91. The van der Waals surface area contributed by atoms with Crippen molar-refractivity contribution in [2.45, 2.75) is 45.3 Å². The largest absolute Gasteiger partial charge is 0.364 e. The van der Waals surface area contributed by atoms with E-state index in [1.807, 2.05) is 17.0 Å². The molecule has 6 heteroatoms. The molecule has 2 fully saturated rings. The predicted molar refractivity (Wildman–Crippen MR) is 101 cm³/mol. The lowest BCUT2D eigenvalue weighted by Crippen LogP contribution is -2.52. The van der Waals surface area contributed by atoms with Crippen LogP contribution in [0.4, 0.5) is 0 Å². The maximum absolute atomic E-state index is 12.4. The number of piperazine rings is 1. The number of nitrogens with zero attached hydrogens (tertiary/aromatic N) is 3. The van der Waals surface area contributed by atoms with Gasteiger partial charge in [0, 0.05) is 32.2 Å².